The van der Waals surface area contributed by atoms with E-state index < -0.39 is 0 Å². The van der Waals surface area contributed by atoms with Crippen molar-refractivity contribution < 1.29 is 0 Å². The van der Waals surface area contributed by atoms with Crippen LogP contribution in [0.15, 0.2) is 146 Å². The first kappa shape index (κ1) is 24.8. The summed E-state index contributed by atoms with van der Waals surface area (Å²) in [5.74, 6) is 0. The fourth-order valence-corrected chi connectivity index (χ4v) is 7.87. The molecule has 0 aliphatic heterocycles. The zero-order valence-corrected chi connectivity index (χ0v) is 25.0. The second-order valence-corrected chi connectivity index (χ2v) is 12.2. The molecule has 0 spiro atoms. The summed E-state index contributed by atoms with van der Waals surface area (Å²) in [5.41, 5.74) is 10.8. The second-order valence-electron chi connectivity index (χ2n) is 12.2. The Labute approximate surface area is 267 Å². The molecule has 11 rings (SSSR count). The van der Waals surface area contributed by atoms with E-state index >= 15 is 0 Å². The van der Waals surface area contributed by atoms with E-state index in [1.807, 2.05) is 24.7 Å². The van der Waals surface area contributed by atoms with Crippen molar-refractivity contribution in [2.45, 2.75) is 0 Å². The van der Waals surface area contributed by atoms with Gasteiger partial charge in [-0.05, 0) is 66.7 Å². The van der Waals surface area contributed by atoms with Crippen LogP contribution in [0.25, 0.3) is 93.3 Å². The maximum atomic E-state index is 5.16. The molecule has 218 valence electrons. The normalized spacial score (nSPS) is 12.3. The summed E-state index contributed by atoms with van der Waals surface area (Å²) < 4.78 is 7.02. The molecule has 0 fully saturated rings. The first-order valence-corrected chi connectivity index (χ1v) is 15.8. The van der Waals surface area contributed by atoms with Crippen LogP contribution < -0.4 is 0 Å². The number of hydrogen-bond acceptors (Lipinski definition) is 3. The van der Waals surface area contributed by atoms with Gasteiger partial charge in [0.15, 0.2) is 0 Å². The molecule has 0 unspecified atom stereocenters. The molecule has 0 N–H and O–H groups in total. The first-order valence-electron chi connectivity index (χ1n) is 15.8. The van der Waals surface area contributed by atoms with Crippen LogP contribution in [0.5, 0.6) is 0 Å². The van der Waals surface area contributed by atoms with E-state index in [1.165, 1.54) is 38.0 Å². The summed E-state index contributed by atoms with van der Waals surface area (Å²) in [6, 6.07) is 43.5. The molecule has 0 amide bonds. The van der Waals surface area contributed by atoms with Gasteiger partial charge in [0, 0.05) is 61.5 Å². The fourth-order valence-electron chi connectivity index (χ4n) is 7.87. The van der Waals surface area contributed by atoms with Crippen LogP contribution in [-0.2, 0) is 0 Å². The van der Waals surface area contributed by atoms with Gasteiger partial charge in [-0.3, -0.25) is 14.4 Å². The van der Waals surface area contributed by atoms with Crippen LogP contribution in [0.4, 0.5) is 0 Å². The Hall–Kier alpha value is -6.53. The van der Waals surface area contributed by atoms with Crippen molar-refractivity contribution in [2.24, 2.45) is 0 Å². The lowest BCUT2D eigenvalue weighted by Gasteiger charge is -2.11. The van der Waals surface area contributed by atoms with E-state index in [4.69, 9.17) is 4.98 Å². The van der Waals surface area contributed by atoms with Crippen LogP contribution in [-0.4, -0.2) is 28.5 Å². The van der Waals surface area contributed by atoms with Crippen molar-refractivity contribution in [3.63, 3.8) is 0 Å². The highest BCUT2D eigenvalue weighted by molar-refractivity contribution is 6.32. The van der Waals surface area contributed by atoms with E-state index in [1.54, 1.807) is 6.20 Å². The van der Waals surface area contributed by atoms with Crippen molar-refractivity contribution in [2.75, 3.05) is 0 Å². The van der Waals surface area contributed by atoms with Crippen LogP contribution in [0.1, 0.15) is 0 Å². The number of rotatable bonds is 2. The van der Waals surface area contributed by atoms with Crippen molar-refractivity contribution >= 4 is 82.0 Å². The predicted molar refractivity (Wildman–Crippen MR) is 192 cm³/mol. The number of pyridine rings is 3. The number of aromatic nitrogens is 6. The maximum absolute atomic E-state index is 5.16. The van der Waals surface area contributed by atoms with Crippen LogP contribution in [0.3, 0.4) is 0 Å². The lowest BCUT2D eigenvalue weighted by atomic mass is 10.00. The number of hydrogen-bond donors (Lipinski definition) is 0. The third-order valence-electron chi connectivity index (χ3n) is 9.76. The summed E-state index contributed by atoms with van der Waals surface area (Å²) in [6.45, 7) is 0. The molecule has 6 heteroatoms. The number of para-hydroxylation sites is 3. The van der Waals surface area contributed by atoms with Crippen LogP contribution in [0.2, 0.25) is 0 Å². The standard InChI is InChI=1S/C41H24N6/c1-3-9-25(10-4-1)45-33-14-8-7-13-27(33)30-21-31-36(22-35(30)45)46(26-11-5-2-6-12-26)34-16-15-29-39(40(31)34)28-17-19-42-23-37(28)47-38-24-43-20-18-32(38)44-41(29)47/h1-24H. The monoisotopic (exact) mass is 600 g/mol. The van der Waals surface area contributed by atoms with Gasteiger partial charge in [0.25, 0.3) is 0 Å². The summed E-state index contributed by atoms with van der Waals surface area (Å²) in [5, 5.41) is 8.30. The predicted octanol–water partition coefficient (Wildman–Crippen LogP) is 9.78. The average molecular weight is 601 g/mol. The number of nitrogens with zero attached hydrogens (tertiary/aromatic N) is 6. The van der Waals surface area contributed by atoms with E-state index in [2.05, 4.69) is 139 Å². The highest BCUT2D eigenvalue weighted by Crippen LogP contribution is 2.44. The van der Waals surface area contributed by atoms with Gasteiger partial charge in [-0.2, -0.15) is 0 Å². The largest absolute Gasteiger partial charge is 0.309 e. The van der Waals surface area contributed by atoms with E-state index in [0.29, 0.717) is 0 Å². The second kappa shape index (κ2) is 9.02. The van der Waals surface area contributed by atoms with Crippen molar-refractivity contribution in [1.82, 2.24) is 28.5 Å². The molecule has 6 aromatic heterocycles. The summed E-state index contributed by atoms with van der Waals surface area (Å²) in [6.07, 6.45) is 7.55. The lowest BCUT2D eigenvalue weighted by molar-refractivity contribution is 1.16. The van der Waals surface area contributed by atoms with Gasteiger partial charge >= 0.3 is 0 Å². The van der Waals surface area contributed by atoms with Gasteiger partial charge in [0.05, 0.1) is 51.0 Å². The lowest BCUT2D eigenvalue weighted by Crippen LogP contribution is -1.96. The molecule has 0 saturated heterocycles. The molecule has 0 saturated carbocycles. The van der Waals surface area contributed by atoms with Gasteiger partial charge in [0.2, 0.25) is 0 Å². The molecular formula is C41H24N6. The molecule has 6 nitrogen and oxygen atoms in total. The Bertz CT molecular complexity index is 3060. The van der Waals surface area contributed by atoms with E-state index in [-0.39, 0.29) is 0 Å². The van der Waals surface area contributed by atoms with Gasteiger partial charge in [-0.25, -0.2) is 4.98 Å². The number of benzene rings is 5. The molecule has 0 bridgehead atoms. The smallest absolute Gasteiger partial charge is 0.146 e. The minimum Gasteiger partial charge on any atom is -0.309 e. The first-order chi connectivity index (χ1) is 23.3. The Morgan fingerprint density at radius 3 is 1.89 bits per heavy atom. The van der Waals surface area contributed by atoms with Gasteiger partial charge in [-0.1, -0.05) is 54.6 Å². The van der Waals surface area contributed by atoms with E-state index in [9.17, 15) is 0 Å². The third-order valence-corrected chi connectivity index (χ3v) is 9.76. The molecule has 0 atom stereocenters. The summed E-state index contributed by atoms with van der Waals surface area (Å²) >= 11 is 0. The zero-order valence-electron chi connectivity index (χ0n) is 25.0. The number of imidazole rings is 1. The van der Waals surface area contributed by atoms with Crippen molar-refractivity contribution in [3.8, 4) is 11.4 Å². The Balaban J connectivity index is 1.41. The Morgan fingerprint density at radius 2 is 1.09 bits per heavy atom. The Kier molecular flexibility index (Phi) is 4.75. The highest BCUT2D eigenvalue weighted by Gasteiger charge is 2.22. The van der Waals surface area contributed by atoms with E-state index in [0.717, 1.165) is 55.4 Å². The maximum Gasteiger partial charge on any atom is 0.146 e. The Morgan fingerprint density at radius 1 is 0.404 bits per heavy atom. The van der Waals surface area contributed by atoms with Gasteiger partial charge in [0.1, 0.15) is 5.65 Å². The molecule has 0 radical (unpaired) electrons. The van der Waals surface area contributed by atoms with Gasteiger partial charge in [-0.15, -0.1) is 0 Å². The molecule has 0 aliphatic carbocycles. The van der Waals surface area contributed by atoms with Crippen LogP contribution >= 0.6 is 0 Å². The molecule has 0 aliphatic rings. The SMILES string of the molecule is c1ccc(-n2c3ccccc3c3cc4c5c6c7ccncc7n7c8cnccc8nc7c6ccc5n(-c5ccccc5)c4cc32)cc1. The molecule has 5 aromatic carbocycles. The minimum atomic E-state index is 0.910. The molecule has 11 aromatic rings. The third kappa shape index (κ3) is 3.21. The average Bonchev–Trinajstić information content (AvgIpc) is 3.79. The molecular weight excluding hydrogens is 576 g/mol. The zero-order chi connectivity index (χ0) is 30.6. The quantitative estimate of drug-likeness (QED) is 0.186. The van der Waals surface area contributed by atoms with Crippen molar-refractivity contribution in [3.05, 3.63) is 146 Å². The summed E-state index contributed by atoms with van der Waals surface area (Å²) in [7, 11) is 0. The fraction of sp³-hybridized carbons (Fsp3) is 0. The topological polar surface area (TPSA) is 52.9 Å². The highest BCUT2D eigenvalue weighted by atomic mass is 15.0. The minimum absolute atomic E-state index is 0.910. The molecule has 47 heavy (non-hydrogen) atoms. The number of fused-ring (bicyclic) bond motifs is 15. The summed E-state index contributed by atoms with van der Waals surface area (Å²) in [4.78, 5) is 14.2. The van der Waals surface area contributed by atoms with Crippen molar-refractivity contribution in [1.29, 1.82) is 0 Å². The van der Waals surface area contributed by atoms with Gasteiger partial charge < -0.3 is 9.13 Å². The van der Waals surface area contributed by atoms with Crippen LogP contribution in [0, 0.1) is 0 Å². The molecule has 6 heterocycles.